The summed E-state index contributed by atoms with van der Waals surface area (Å²) < 4.78 is 30.2. The zero-order chi connectivity index (χ0) is 19.9. The number of rotatable bonds is 9. The molecular formula is C19H24N2O5S. The van der Waals surface area contributed by atoms with Gasteiger partial charge in [-0.15, -0.1) is 0 Å². The van der Waals surface area contributed by atoms with Gasteiger partial charge in [-0.3, -0.25) is 15.0 Å². The zero-order valence-electron chi connectivity index (χ0n) is 15.4. The van der Waals surface area contributed by atoms with E-state index >= 15 is 0 Å². The first-order chi connectivity index (χ1) is 12.9. The van der Waals surface area contributed by atoms with Crippen molar-refractivity contribution in [2.24, 2.45) is 0 Å². The lowest BCUT2D eigenvalue weighted by Crippen LogP contribution is -2.53. The van der Waals surface area contributed by atoms with Crippen molar-refractivity contribution in [2.45, 2.75) is 42.2 Å². The molecule has 2 rings (SSSR count). The molecule has 2 N–H and O–H groups in total. The van der Waals surface area contributed by atoms with Gasteiger partial charge in [0.15, 0.2) is 14.6 Å². The zero-order valence-corrected chi connectivity index (χ0v) is 16.2. The predicted molar refractivity (Wildman–Crippen MR) is 100 cm³/mol. The van der Waals surface area contributed by atoms with Crippen molar-refractivity contribution in [3.63, 3.8) is 0 Å². The normalized spacial score (nSPS) is 13.6. The molecule has 8 heteroatoms. The van der Waals surface area contributed by atoms with Crippen molar-refractivity contribution in [1.29, 1.82) is 0 Å². The molecule has 0 radical (unpaired) electrons. The second-order valence-corrected chi connectivity index (χ2v) is 8.48. The van der Waals surface area contributed by atoms with E-state index in [2.05, 4.69) is 4.98 Å². The van der Waals surface area contributed by atoms with Gasteiger partial charge in [-0.05, 0) is 42.8 Å². The number of hydroxylamine groups is 1. The molecule has 7 nitrogen and oxygen atoms in total. The molecule has 0 spiro atoms. The Kier molecular flexibility index (Phi) is 6.92. The van der Waals surface area contributed by atoms with E-state index in [0.717, 1.165) is 0 Å². The average Bonchev–Trinajstić information content (AvgIpc) is 2.71. The third-order valence-corrected chi connectivity index (χ3v) is 6.98. The summed E-state index contributed by atoms with van der Waals surface area (Å²) in [6.45, 7) is 1.91. The highest BCUT2D eigenvalue weighted by Gasteiger charge is 2.51. The van der Waals surface area contributed by atoms with Crippen LogP contribution in [0, 0.1) is 0 Å². The standard InChI is InChI=1S/C19H24N2O5S/c1-3-4-12-19(18(22)21-23,14-15-7-5-6-13-20-15)27(24,25)17-10-8-16(26-2)9-11-17/h5-11,13,23H,3-4,12,14H2,1-2H3,(H,21,22). The number of methoxy groups -OCH3 is 1. The predicted octanol–water partition coefficient (Wildman–Crippen LogP) is 2.54. The van der Waals surface area contributed by atoms with Crippen LogP contribution in [0.4, 0.5) is 0 Å². The molecule has 0 saturated carbocycles. The maximum atomic E-state index is 13.5. The van der Waals surface area contributed by atoms with Gasteiger partial charge in [0.05, 0.1) is 12.0 Å². The Hall–Kier alpha value is -2.45. The van der Waals surface area contributed by atoms with Crippen molar-refractivity contribution in [2.75, 3.05) is 7.11 Å². The van der Waals surface area contributed by atoms with Crippen LogP contribution in [0.2, 0.25) is 0 Å². The lowest BCUT2D eigenvalue weighted by atomic mass is 9.94. The minimum Gasteiger partial charge on any atom is -0.497 e. The summed E-state index contributed by atoms with van der Waals surface area (Å²) in [5.74, 6) is -0.457. The molecule has 1 amide bonds. The Labute approximate surface area is 159 Å². The van der Waals surface area contributed by atoms with E-state index in [1.807, 2.05) is 6.92 Å². The molecule has 2 aromatic rings. The summed E-state index contributed by atoms with van der Waals surface area (Å²) in [5.41, 5.74) is 2.02. The Bertz CT molecular complexity index is 853. The number of hydrogen-bond acceptors (Lipinski definition) is 6. The highest BCUT2D eigenvalue weighted by molar-refractivity contribution is 7.93. The first-order valence-corrected chi connectivity index (χ1v) is 10.1. The molecule has 0 saturated heterocycles. The SMILES string of the molecule is CCCCC(Cc1ccccn1)(C(=O)NO)S(=O)(=O)c1ccc(OC)cc1. The topological polar surface area (TPSA) is 106 Å². The summed E-state index contributed by atoms with van der Waals surface area (Å²) in [5, 5.41) is 9.34. The molecule has 1 unspecified atom stereocenters. The largest absolute Gasteiger partial charge is 0.497 e. The van der Waals surface area contributed by atoms with Crippen LogP contribution in [0.25, 0.3) is 0 Å². The van der Waals surface area contributed by atoms with E-state index in [4.69, 9.17) is 4.74 Å². The second kappa shape index (κ2) is 8.96. The van der Waals surface area contributed by atoms with Crippen molar-refractivity contribution < 1.29 is 23.2 Å². The van der Waals surface area contributed by atoms with Crippen molar-refractivity contribution >= 4 is 15.7 Å². The van der Waals surface area contributed by atoms with E-state index in [-0.39, 0.29) is 17.7 Å². The van der Waals surface area contributed by atoms with Gasteiger partial charge >= 0.3 is 0 Å². The minimum atomic E-state index is -4.14. The highest BCUT2D eigenvalue weighted by atomic mass is 32.2. The van der Waals surface area contributed by atoms with Gasteiger partial charge in [0.1, 0.15) is 5.75 Å². The number of unbranched alkanes of at least 4 members (excludes halogenated alkanes) is 1. The number of nitrogens with one attached hydrogen (secondary N) is 1. The van der Waals surface area contributed by atoms with E-state index in [0.29, 0.717) is 24.3 Å². The van der Waals surface area contributed by atoms with Gasteiger partial charge in [0.2, 0.25) is 0 Å². The van der Waals surface area contributed by atoms with Crippen molar-refractivity contribution in [3.8, 4) is 5.75 Å². The van der Waals surface area contributed by atoms with Gasteiger partial charge in [0.25, 0.3) is 5.91 Å². The third-order valence-electron chi connectivity index (χ3n) is 4.53. The number of ether oxygens (including phenoxy) is 1. The molecular weight excluding hydrogens is 368 g/mol. The second-order valence-electron chi connectivity index (χ2n) is 6.22. The number of hydrogen-bond donors (Lipinski definition) is 2. The first-order valence-electron chi connectivity index (χ1n) is 8.64. The Morgan fingerprint density at radius 1 is 1.22 bits per heavy atom. The number of sulfone groups is 1. The van der Waals surface area contributed by atoms with E-state index < -0.39 is 20.5 Å². The summed E-state index contributed by atoms with van der Waals surface area (Å²) in [6, 6.07) is 10.9. The van der Waals surface area contributed by atoms with Crippen LogP contribution in [-0.2, 0) is 21.1 Å². The average molecular weight is 392 g/mol. The highest BCUT2D eigenvalue weighted by Crippen LogP contribution is 2.35. The Morgan fingerprint density at radius 2 is 1.93 bits per heavy atom. The third kappa shape index (κ3) is 4.28. The fourth-order valence-electron chi connectivity index (χ4n) is 2.97. The quantitative estimate of drug-likeness (QED) is 0.502. The van der Waals surface area contributed by atoms with E-state index in [1.165, 1.54) is 37.6 Å². The molecule has 27 heavy (non-hydrogen) atoms. The first kappa shape index (κ1) is 20.9. The Morgan fingerprint density at radius 3 is 2.44 bits per heavy atom. The molecule has 0 bridgehead atoms. The summed E-state index contributed by atoms with van der Waals surface area (Å²) >= 11 is 0. The van der Waals surface area contributed by atoms with Crippen LogP contribution in [0.15, 0.2) is 53.6 Å². The number of carbonyl (C=O) groups excluding carboxylic acids is 1. The number of nitrogens with zero attached hydrogens (tertiary/aromatic N) is 1. The Balaban J connectivity index is 2.61. The van der Waals surface area contributed by atoms with Crippen LogP contribution < -0.4 is 10.2 Å². The van der Waals surface area contributed by atoms with Crippen LogP contribution >= 0.6 is 0 Å². The number of carbonyl (C=O) groups is 1. The number of amides is 1. The van der Waals surface area contributed by atoms with Crippen molar-refractivity contribution in [1.82, 2.24) is 10.5 Å². The molecule has 1 heterocycles. The number of pyridine rings is 1. The molecule has 0 aliphatic carbocycles. The number of aromatic nitrogens is 1. The van der Waals surface area contributed by atoms with E-state index in [9.17, 15) is 18.4 Å². The van der Waals surface area contributed by atoms with Crippen LogP contribution in [0.1, 0.15) is 31.9 Å². The van der Waals surface area contributed by atoms with E-state index in [1.54, 1.807) is 23.7 Å². The fourth-order valence-corrected chi connectivity index (χ4v) is 4.96. The van der Waals surface area contributed by atoms with Crippen molar-refractivity contribution in [3.05, 3.63) is 54.4 Å². The summed E-state index contributed by atoms with van der Waals surface area (Å²) in [7, 11) is -2.66. The van der Waals surface area contributed by atoms with Gasteiger partial charge in [-0.1, -0.05) is 25.8 Å². The molecule has 0 aliphatic heterocycles. The van der Waals surface area contributed by atoms with Crippen LogP contribution in [0.3, 0.4) is 0 Å². The molecule has 0 fully saturated rings. The van der Waals surface area contributed by atoms with Gasteiger partial charge in [0, 0.05) is 18.3 Å². The molecule has 146 valence electrons. The molecule has 1 aromatic carbocycles. The fraction of sp³-hybridized carbons (Fsp3) is 0.368. The maximum absolute atomic E-state index is 13.5. The summed E-state index contributed by atoms with van der Waals surface area (Å²) in [4.78, 5) is 16.9. The summed E-state index contributed by atoms with van der Waals surface area (Å²) in [6.07, 6.45) is 2.64. The molecule has 1 atom stereocenters. The lowest BCUT2D eigenvalue weighted by Gasteiger charge is -2.31. The maximum Gasteiger partial charge on any atom is 0.265 e. The van der Waals surface area contributed by atoms with Gasteiger partial charge < -0.3 is 4.74 Å². The molecule has 0 aliphatic rings. The minimum absolute atomic E-state index is 0.0149. The van der Waals surface area contributed by atoms with Gasteiger partial charge in [-0.2, -0.15) is 0 Å². The van der Waals surface area contributed by atoms with Gasteiger partial charge in [-0.25, -0.2) is 13.9 Å². The monoisotopic (exact) mass is 392 g/mol. The van der Waals surface area contributed by atoms with Crippen LogP contribution in [0.5, 0.6) is 5.75 Å². The number of benzene rings is 1. The smallest absolute Gasteiger partial charge is 0.265 e. The lowest BCUT2D eigenvalue weighted by molar-refractivity contribution is -0.132. The molecule has 1 aromatic heterocycles. The van der Waals surface area contributed by atoms with Crippen LogP contribution in [-0.4, -0.2) is 36.4 Å².